The summed E-state index contributed by atoms with van der Waals surface area (Å²) in [6, 6.07) is 4.30. The van der Waals surface area contributed by atoms with Crippen LogP contribution in [-0.4, -0.2) is 15.2 Å². The van der Waals surface area contributed by atoms with E-state index in [1.54, 1.807) is 13.0 Å². The van der Waals surface area contributed by atoms with Gasteiger partial charge in [0.2, 0.25) is 5.82 Å². The van der Waals surface area contributed by atoms with Gasteiger partial charge in [0.15, 0.2) is 0 Å². The van der Waals surface area contributed by atoms with Gasteiger partial charge in [0, 0.05) is 5.56 Å². The lowest BCUT2D eigenvalue weighted by molar-refractivity contribution is 0.222. The number of hydrogen-bond donors (Lipinski definition) is 1. The van der Waals surface area contributed by atoms with Crippen LogP contribution in [0.2, 0.25) is 0 Å². The third kappa shape index (κ3) is 1.87. The molecule has 2 rings (SSSR count). The number of aryl methyl sites for hydroxylation is 1. The summed E-state index contributed by atoms with van der Waals surface area (Å²) in [5, 5.41) is 12.4. The summed E-state index contributed by atoms with van der Waals surface area (Å²) in [6.45, 7) is 1.46. The van der Waals surface area contributed by atoms with Gasteiger partial charge in [0.25, 0.3) is 5.89 Å². The first-order chi connectivity index (χ1) is 7.20. The number of halogens is 1. The highest BCUT2D eigenvalue weighted by Crippen LogP contribution is 2.20. The normalized spacial score (nSPS) is 10.6. The zero-order valence-corrected chi connectivity index (χ0v) is 8.07. The Kier molecular flexibility index (Phi) is 2.47. The largest absolute Gasteiger partial charge is 0.387 e. The van der Waals surface area contributed by atoms with Gasteiger partial charge in [-0.15, -0.1) is 0 Å². The molecule has 0 aliphatic rings. The van der Waals surface area contributed by atoms with Crippen LogP contribution < -0.4 is 0 Å². The molecule has 0 saturated carbocycles. The van der Waals surface area contributed by atoms with Crippen LogP contribution in [0.25, 0.3) is 11.4 Å². The van der Waals surface area contributed by atoms with Crippen molar-refractivity contribution in [1.29, 1.82) is 0 Å². The fraction of sp³-hybridized carbons (Fsp3) is 0.200. The maximum Gasteiger partial charge on any atom is 0.252 e. The van der Waals surface area contributed by atoms with E-state index >= 15 is 0 Å². The molecule has 0 aliphatic carbocycles. The minimum absolute atomic E-state index is 0.147. The van der Waals surface area contributed by atoms with Crippen molar-refractivity contribution in [3.8, 4) is 11.4 Å². The maximum atomic E-state index is 12.8. The molecule has 0 bridgehead atoms. The van der Waals surface area contributed by atoms with E-state index in [0.29, 0.717) is 11.4 Å². The van der Waals surface area contributed by atoms with Crippen LogP contribution in [0, 0.1) is 12.7 Å². The van der Waals surface area contributed by atoms with E-state index in [2.05, 4.69) is 10.1 Å². The quantitative estimate of drug-likeness (QED) is 0.815. The molecule has 2 aromatic rings. The highest BCUT2D eigenvalue weighted by atomic mass is 19.1. The number of rotatable bonds is 2. The van der Waals surface area contributed by atoms with Crippen LogP contribution in [0.1, 0.15) is 11.5 Å². The summed E-state index contributed by atoms with van der Waals surface area (Å²) >= 11 is 0. The van der Waals surface area contributed by atoms with Gasteiger partial charge < -0.3 is 9.63 Å². The van der Waals surface area contributed by atoms with Gasteiger partial charge in [0.05, 0.1) is 0 Å². The monoisotopic (exact) mass is 208 g/mol. The Morgan fingerprint density at radius 1 is 1.47 bits per heavy atom. The summed E-state index contributed by atoms with van der Waals surface area (Å²) in [4.78, 5) is 3.94. The van der Waals surface area contributed by atoms with Gasteiger partial charge in [0.1, 0.15) is 12.4 Å². The van der Waals surface area contributed by atoms with E-state index in [9.17, 15) is 4.39 Å². The third-order valence-corrected chi connectivity index (χ3v) is 2.03. The fourth-order valence-electron chi connectivity index (χ4n) is 1.31. The zero-order chi connectivity index (χ0) is 10.8. The van der Waals surface area contributed by atoms with Crippen LogP contribution in [0.5, 0.6) is 0 Å². The lowest BCUT2D eigenvalue weighted by Crippen LogP contribution is -1.88. The van der Waals surface area contributed by atoms with Crippen LogP contribution in [-0.2, 0) is 6.61 Å². The lowest BCUT2D eigenvalue weighted by Gasteiger charge is -1.99. The maximum absolute atomic E-state index is 12.8. The first-order valence-electron chi connectivity index (χ1n) is 4.40. The molecule has 1 aromatic carbocycles. The topological polar surface area (TPSA) is 59.2 Å². The summed E-state index contributed by atoms with van der Waals surface area (Å²) < 4.78 is 17.6. The van der Waals surface area contributed by atoms with Crippen molar-refractivity contribution < 1.29 is 14.0 Å². The number of hydrogen-bond acceptors (Lipinski definition) is 4. The highest BCUT2D eigenvalue weighted by Gasteiger charge is 2.10. The number of nitrogens with zero attached hydrogens (tertiary/aromatic N) is 2. The molecule has 1 aromatic heterocycles. The van der Waals surface area contributed by atoms with E-state index in [-0.39, 0.29) is 18.3 Å². The van der Waals surface area contributed by atoms with Crippen molar-refractivity contribution in [3.05, 3.63) is 35.5 Å². The van der Waals surface area contributed by atoms with Crippen LogP contribution in [0.3, 0.4) is 0 Å². The molecule has 78 valence electrons. The van der Waals surface area contributed by atoms with Crippen molar-refractivity contribution in [2.45, 2.75) is 13.5 Å². The summed E-state index contributed by atoms with van der Waals surface area (Å²) in [7, 11) is 0. The van der Waals surface area contributed by atoms with Crippen LogP contribution in [0.4, 0.5) is 4.39 Å². The van der Waals surface area contributed by atoms with Crippen molar-refractivity contribution in [2.75, 3.05) is 0 Å². The molecule has 1 heterocycles. The van der Waals surface area contributed by atoms with Gasteiger partial charge in [-0.3, -0.25) is 0 Å². The molecular weight excluding hydrogens is 199 g/mol. The second-order valence-corrected chi connectivity index (χ2v) is 3.13. The molecule has 0 amide bonds. The molecule has 0 unspecified atom stereocenters. The average Bonchev–Trinajstić information content (AvgIpc) is 2.66. The van der Waals surface area contributed by atoms with Gasteiger partial charge in [-0.2, -0.15) is 4.98 Å². The Hall–Kier alpha value is -1.75. The SMILES string of the molecule is Cc1cc(F)ccc1-c1noc(CO)n1. The van der Waals surface area contributed by atoms with Gasteiger partial charge >= 0.3 is 0 Å². The predicted molar refractivity (Wildman–Crippen MR) is 50.4 cm³/mol. The Morgan fingerprint density at radius 2 is 2.27 bits per heavy atom. The Labute approximate surface area is 85.4 Å². The second kappa shape index (κ2) is 3.78. The Balaban J connectivity index is 2.44. The van der Waals surface area contributed by atoms with E-state index in [0.717, 1.165) is 5.56 Å². The Bertz CT molecular complexity index is 482. The molecular formula is C10H9FN2O2. The number of aliphatic hydroxyl groups is 1. The molecule has 0 fully saturated rings. The van der Waals surface area contributed by atoms with Crippen molar-refractivity contribution >= 4 is 0 Å². The van der Waals surface area contributed by atoms with Gasteiger partial charge in [-0.05, 0) is 30.7 Å². The fourth-order valence-corrected chi connectivity index (χ4v) is 1.31. The minimum atomic E-state index is -0.304. The molecule has 15 heavy (non-hydrogen) atoms. The number of aromatic nitrogens is 2. The van der Waals surface area contributed by atoms with Gasteiger partial charge in [-0.25, -0.2) is 4.39 Å². The molecule has 0 saturated heterocycles. The standard InChI is InChI=1S/C10H9FN2O2/c1-6-4-7(11)2-3-8(6)10-12-9(5-14)15-13-10/h2-4,14H,5H2,1H3. The first-order valence-corrected chi connectivity index (χ1v) is 4.40. The van der Waals surface area contributed by atoms with E-state index in [1.165, 1.54) is 12.1 Å². The van der Waals surface area contributed by atoms with Crippen LogP contribution >= 0.6 is 0 Å². The minimum Gasteiger partial charge on any atom is -0.387 e. The lowest BCUT2D eigenvalue weighted by atomic mass is 10.1. The highest BCUT2D eigenvalue weighted by molar-refractivity contribution is 5.59. The molecule has 0 aliphatic heterocycles. The molecule has 1 N–H and O–H groups in total. The van der Waals surface area contributed by atoms with E-state index in [4.69, 9.17) is 9.63 Å². The first kappa shape index (κ1) is 9.79. The second-order valence-electron chi connectivity index (χ2n) is 3.13. The van der Waals surface area contributed by atoms with E-state index in [1.807, 2.05) is 0 Å². The smallest absolute Gasteiger partial charge is 0.252 e. The van der Waals surface area contributed by atoms with Gasteiger partial charge in [-0.1, -0.05) is 5.16 Å². The third-order valence-electron chi connectivity index (χ3n) is 2.03. The van der Waals surface area contributed by atoms with Crippen molar-refractivity contribution in [3.63, 3.8) is 0 Å². The van der Waals surface area contributed by atoms with Crippen LogP contribution in [0.15, 0.2) is 22.7 Å². The number of aliphatic hydroxyl groups excluding tert-OH is 1. The van der Waals surface area contributed by atoms with Crippen molar-refractivity contribution in [2.24, 2.45) is 0 Å². The molecule has 0 atom stereocenters. The van der Waals surface area contributed by atoms with E-state index < -0.39 is 0 Å². The zero-order valence-electron chi connectivity index (χ0n) is 8.07. The summed E-state index contributed by atoms with van der Waals surface area (Å²) in [5.41, 5.74) is 1.42. The predicted octanol–water partition coefficient (Wildman–Crippen LogP) is 1.68. The summed E-state index contributed by atoms with van der Waals surface area (Å²) in [6.07, 6.45) is 0. The molecule has 5 heteroatoms. The molecule has 4 nitrogen and oxygen atoms in total. The Morgan fingerprint density at radius 3 is 2.87 bits per heavy atom. The average molecular weight is 208 g/mol. The summed E-state index contributed by atoms with van der Waals surface area (Å²) in [5.74, 6) is 0.201. The number of benzene rings is 1. The molecule has 0 radical (unpaired) electrons. The van der Waals surface area contributed by atoms with Crippen molar-refractivity contribution in [1.82, 2.24) is 10.1 Å². The molecule has 0 spiro atoms.